The maximum atomic E-state index is 13.3. The molecule has 172 valence electrons. The number of benzene rings is 2. The Morgan fingerprint density at radius 1 is 1.18 bits per heavy atom. The van der Waals surface area contributed by atoms with Crippen molar-refractivity contribution in [1.82, 2.24) is 19.8 Å². The molecule has 1 atom stereocenters. The van der Waals surface area contributed by atoms with Crippen molar-refractivity contribution in [3.8, 4) is 11.5 Å². The van der Waals surface area contributed by atoms with Gasteiger partial charge in [0.15, 0.2) is 11.5 Å². The Morgan fingerprint density at radius 3 is 2.85 bits per heavy atom. The van der Waals surface area contributed by atoms with Gasteiger partial charge >= 0.3 is 0 Å². The fraction of sp³-hybridized carbons (Fsp3) is 0.400. The number of ether oxygens (including phenoxy) is 2. The molecule has 8 nitrogen and oxygen atoms in total. The van der Waals surface area contributed by atoms with E-state index in [1.54, 1.807) is 6.07 Å². The molecule has 2 aliphatic heterocycles. The molecule has 1 unspecified atom stereocenters. The van der Waals surface area contributed by atoms with E-state index in [1.165, 1.54) is 0 Å². The van der Waals surface area contributed by atoms with E-state index < -0.39 is 0 Å². The highest BCUT2D eigenvalue weighted by Crippen LogP contribution is 2.38. The van der Waals surface area contributed by atoms with Crippen molar-refractivity contribution >= 4 is 16.8 Å². The Labute approximate surface area is 192 Å². The highest BCUT2D eigenvalue weighted by atomic mass is 16.6. The van der Waals surface area contributed by atoms with Crippen LogP contribution < -0.4 is 15.0 Å². The minimum absolute atomic E-state index is 0.0330. The lowest BCUT2D eigenvalue weighted by molar-refractivity contribution is -0.133. The van der Waals surface area contributed by atoms with Crippen LogP contribution in [0, 0.1) is 0 Å². The highest BCUT2D eigenvalue weighted by Gasteiger charge is 2.31. The summed E-state index contributed by atoms with van der Waals surface area (Å²) in [4.78, 5) is 37.1. The predicted molar refractivity (Wildman–Crippen MR) is 124 cm³/mol. The number of rotatable bonds is 6. The molecule has 2 aliphatic rings. The van der Waals surface area contributed by atoms with Crippen molar-refractivity contribution in [2.45, 2.75) is 32.4 Å². The Balaban J connectivity index is 1.30. The summed E-state index contributed by atoms with van der Waals surface area (Å²) in [6.45, 7) is 5.20. The third-order valence-corrected chi connectivity index (χ3v) is 6.37. The summed E-state index contributed by atoms with van der Waals surface area (Å²) < 4.78 is 11.4. The number of carbonyl (C=O) groups is 1. The third-order valence-electron chi connectivity index (χ3n) is 6.37. The van der Waals surface area contributed by atoms with E-state index >= 15 is 0 Å². The van der Waals surface area contributed by atoms with Crippen LogP contribution in [0.4, 0.5) is 0 Å². The number of hydrogen-bond acceptors (Lipinski definition) is 6. The van der Waals surface area contributed by atoms with Gasteiger partial charge in [0.25, 0.3) is 5.56 Å². The molecule has 0 radical (unpaired) electrons. The molecule has 1 fully saturated rings. The molecule has 2 aromatic carbocycles. The van der Waals surface area contributed by atoms with Crippen LogP contribution in [0.2, 0.25) is 0 Å². The van der Waals surface area contributed by atoms with Crippen molar-refractivity contribution in [3.05, 3.63) is 64.2 Å². The molecule has 0 spiro atoms. The van der Waals surface area contributed by atoms with Gasteiger partial charge in [-0.15, -0.1) is 0 Å². The molecule has 3 aromatic rings. The van der Waals surface area contributed by atoms with E-state index in [2.05, 4.69) is 9.97 Å². The average Bonchev–Trinajstić information content (AvgIpc) is 3.33. The van der Waals surface area contributed by atoms with E-state index in [4.69, 9.17) is 9.47 Å². The van der Waals surface area contributed by atoms with Crippen molar-refractivity contribution in [2.24, 2.45) is 0 Å². The van der Waals surface area contributed by atoms with Crippen molar-refractivity contribution in [1.29, 1.82) is 0 Å². The van der Waals surface area contributed by atoms with E-state index in [9.17, 15) is 9.59 Å². The van der Waals surface area contributed by atoms with Gasteiger partial charge in [-0.2, -0.15) is 0 Å². The van der Waals surface area contributed by atoms with Crippen molar-refractivity contribution in [3.63, 3.8) is 0 Å². The van der Waals surface area contributed by atoms with E-state index in [1.807, 2.05) is 53.1 Å². The van der Waals surface area contributed by atoms with Gasteiger partial charge < -0.3 is 19.4 Å². The molecule has 1 amide bonds. The fourth-order valence-electron chi connectivity index (χ4n) is 4.66. The molecule has 1 saturated heterocycles. The number of H-pyrrole nitrogens is 1. The number of carbonyl (C=O) groups excluding carboxylic acids is 1. The second-order valence-electron chi connectivity index (χ2n) is 8.48. The van der Waals surface area contributed by atoms with Gasteiger partial charge in [0, 0.05) is 6.54 Å². The standard InChI is InChI=1S/C25H28N4O4/c1-2-28(15-23-26-19-7-4-3-6-18(19)25(31)27-23)16-24(30)29-11-5-8-20(29)17-9-10-21-22(14-17)33-13-12-32-21/h3-4,6-7,9-10,14,20H,2,5,8,11-13,15-16H2,1H3,(H,26,27,31). The highest BCUT2D eigenvalue weighted by molar-refractivity contribution is 5.79. The van der Waals surface area contributed by atoms with Gasteiger partial charge in [0.1, 0.15) is 19.0 Å². The Hall–Kier alpha value is -3.39. The van der Waals surface area contributed by atoms with Gasteiger partial charge in [0.05, 0.1) is 30.0 Å². The normalized spacial score (nSPS) is 17.6. The monoisotopic (exact) mass is 448 g/mol. The second-order valence-corrected chi connectivity index (χ2v) is 8.48. The first-order valence-electron chi connectivity index (χ1n) is 11.5. The van der Waals surface area contributed by atoms with Gasteiger partial charge in [-0.3, -0.25) is 14.5 Å². The van der Waals surface area contributed by atoms with E-state index in [0.717, 1.165) is 36.4 Å². The first kappa shape index (κ1) is 21.5. The summed E-state index contributed by atoms with van der Waals surface area (Å²) >= 11 is 0. The van der Waals surface area contributed by atoms with Crippen LogP contribution in [-0.4, -0.2) is 58.5 Å². The lowest BCUT2D eigenvalue weighted by atomic mass is 10.0. The molecule has 33 heavy (non-hydrogen) atoms. The van der Waals surface area contributed by atoms with Crippen molar-refractivity contribution < 1.29 is 14.3 Å². The number of nitrogens with zero attached hydrogens (tertiary/aromatic N) is 3. The summed E-state index contributed by atoms with van der Waals surface area (Å²) in [6.07, 6.45) is 1.90. The number of aromatic nitrogens is 2. The summed E-state index contributed by atoms with van der Waals surface area (Å²) in [7, 11) is 0. The van der Waals surface area contributed by atoms with Gasteiger partial charge in [-0.25, -0.2) is 4.98 Å². The SMILES string of the molecule is CCN(CC(=O)N1CCCC1c1ccc2c(c1)OCCO2)Cc1nc2ccccc2c(=O)[nH]1. The molecule has 0 aliphatic carbocycles. The Kier molecular flexibility index (Phi) is 6.00. The van der Waals surface area contributed by atoms with Crippen LogP contribution in [0.15, 0.2) is 47.3 Å². The first-order valence-corrected chi connectivity index (χ1v) is 11.5. The largest absolute Gasteiger partial charge is 0.486 e. The fourth-order valence-corrected chi connectivity index (χ4v) is 4.66. The molecule has 0 bridgehead atoms. The topological polar surface area (TPSA) is 87.8 Å². The Bertz CT molecular complexity index is 1220. The minimum atomic E-state index is -0.156. The zero-order chi connectivity index (χ0) is 22.8. The number of hydrogen-bond donors (Lipinski definition) is 1. The van der Waals surface area contributed by atoms with Crippen molar-refractivity contribution in [2.75, 3.05) is 32.8 Å². The summed E-state index contributed by atoms with van der Waals surface area (Å²) in [5, 5.41) is 0.569. The van der Waals surface area contributed by atoms with Crippen LogP contribution in [0.5, 0.6) is 11.5 Å². The number of aromatic amines is 1. The van der Waals surface area contributed by atoms with Crippen LogP contribution in [0.1, 0.15) is 37.2 Å². The number of amides is 1. The zero-order valence-corrected chi connectivity index (χ0v) is 18.8. The molecule has 3 heterocycles. The number of para-hydroxylation sites is 1. The molecule has 1 aromatic heterocycles. The van der Waals surface area contributed by atoms with Crippen LogP contribution in [0.25, 0.3) is 10.9 Å². The first-order chi connectivity index (χ1) is 16.1. The molecule has 5 rings (SSSR count). The van der Waals surface area contributed by atoms with E-state index in [-0.39, 0.29) is 24.1 Å². The molecule has 1 N–H and O–H groups in total. The number of likely N-dealkylation sites (N-methyl/N-ethyl adjacent to an activating group) is 1. The average molecular weight is 449 g/mol. The van der Waals surface area contributed by atoms with Crippen LogP contribution in [0.3, 0.4) is 0 Å². The molecular formula is C25H28N4O4. The number of nitrogens with one attached hydrogen (secondary N) is 1. The van der Waals surface area contributed by atoms with Gasteiger partial charge in [0.2, 0.25) is 5.91 Å². The summed E-state index contributed by atoms with van der Waals surface area (Å²) in [5.74, 6) is 2.16. The lowest BCUT2D eigenvalue weighted by Gasteiger charge is -2.29. The second kappa shape index (κ2) is 9.23. The van der Waals surface area contributed by atoms with Crippen LogP contribution >= 0.6 is 0 Å². The summed E-state index contributed by atoms with van der Waals surface area (Å²) in [6, 6.07) is 13.3. The number of fused-ring (bicyclic) bond motifs is 2. The van der Waals surface area contributed by atoms with Gasteiger partial charge in [-0.1, -0.05) is 25.1 Å². The predicted octanol–water partition coefficient (Wildman–Crippen LogP) is 2.88. The zero-order valence-electron chi connectivity index (χ0n) is 18.8. The maximum Gasteiger partial charge on any atom is 0.258 e. The lowest BCUT2D eigenvalue weighted by Crippen LogP contribution is -2.40. The van der Waals surface area contributed by atoms with E-state index in [0.29, 0.717) is 43.0 Å². The minimum Gasteiger partial charge on any atom is -0.486 e. The number of likely N-dealkylation sites (tertiary alicyclic amines) is 1. The molecule has 0 saturated carbocycles. The maximum absolute atomic E-state index is 13.3. The molecule has 8 heteroatoms. The molecular weight excluding hydrogens is 420 g/mol. The van der Waals surface area contributed by atoms with Gasteiger partial charge in [-0.05, 0) is 49.2 Å². The Morgan fingerprint density at radius 2 is 2.00 bits per heavy atom. The summed E-state index contributed by atoms with van der Waals surface area (Å²) in [5.41, 5.74) is 1.58. The quantitative estimate of drug-likeness (QED) is 0.624. The van der Waals surface area contributed by atoms with Crippen LogP contribution in [-0.2, 0) is 11.3 Å². The smallest absolute Gasteiger partial charge is 0.258 e. The third kappa shape index (κ3) is 4.43.